The molecule has 148 valence electrons. The van der Waals surface area contributed by atoms with Gasteiger partial charge in [0.2, 0.25) is 5.91 Å². The number of imide groups is 1. The highest BCUT2D eigenvalue weighted by molar-refractivity contribution is 7.98. The summed E-state index contributed by atoms with van der Waals surface area (Å²) >= 11 is 7.44. The lowest BCUT2D eigenvalue weighted by Gasteiger charge is -2.20. The number of halogens is 1. The Hall–Kier alpha value is -2.91. The largest absolute Gasteiger partial charge is 0.324 e. The molecule has 0 bridgehead atoms. The van der Waals surface area contributed by atoms with E-state index in [0.717, 1.165) is 9.80 Å². The molecule has 0 spiro atoms. The molecule has 0 radical (unpaired) electrons. The number of nitrogens with one attached hydrogen (secondary N) is 1. The third kappa shape index (κ3) is 3.70. The van der Waals surface area contributed by atoms with E-state index in [1.54, 1.807) is 42.1 Å². The Kier molecular flexibility index (Phi) is 5.25. The van der Waals surface area contributed by atoms with Gasteiger partial charge in [-0.15, -0.1) is 11.8 Å². The molecule has 29 heavy (non-hydrogen) atoms. The fourth-order valence-electron chi connectivity index (χ4n) is 3.25. The normalized spacial score (nSPS) is 20.3. The van der Waals surface area contributed by atoms with Gasteiger partial charge in [-0.1, -0.05) is 22.9 Å². The second-order valence-corrected chi connectivity index (χ2v) is 7.78. The zero-order chi connectivity index (χ0) is 20.5. The van der Waals surface area contributed by atoms with Crippen molar-refractivity contribution >= 4 is 52.5 Å². The lowest BCUT2D eigenvalue weighted by Crippen LogP contribution is -2.43. The lowest BCUT2D eigenvalue weighted by atomic mass is 10.1. The van der Waals surface area contributed by atoms with Crippen molar-refractivity contribution in [3.8, 4) is 0 Å². The number of anilines is 2. The van der Waals surface area contributed by atoms with Gasteiger partial charge in [0.05, 0.1) is 5.69 Å². The monoisotopic (exact) mass is 429 g/mol. The van der Waals surface area contributed by atoms with Gasteiger partial charge < -0.3 is 5.32 Å². The van der Waals surface area contributed by atoms with Crippen LogP contribution in [0.3, 0.4) is 0 Å². The molecular formula is C19H16ClN5O3S. The molecule has 0 aromatic heterocycles. The predicted molar refractivity (Wildman–Crippen MR) is 110 cm³/mol. The van der Waals surface area contributed by atoms with E-state index in [-0.39, 0.29) is 12.5 Å². The van der Waals surface area contributed by atoms with Gasteiger partial charge in [-0.25, -0.2) is 4.90 Å². The topological polar surface area (TPSA) is 94.4 Å². The minimum Gasteiger partial charge on any atom is -0.324 e. The molecule has 8 nitrogen and oxygen atoms in total. The fourth-order valence-corrected chi connectivity index (χ4v) is 3.83. The summed E-state index contributed by atoms with van der Waals surface area (Å²) in [6.07, 6.45) is 1.95. The highest BCUT2D eigenvalue weighted by Crippen LogP contribution is 2.32. The number of carbonyl (C=O) groups is 3. The molecule has 0 saturated carbocycles. The van der Waals surface area contributed by atoms with Crippen LogP contribution in [0, 0.1) is 0 Å². The lowest BCUT2D eigenvalue weighted by molar-refractivity contribution is -0.123. The van der Waals surface area contributed by atoms with E-state index in [4.69, 9.17) is 11.6 Å². The molecule has 4 rings (SSSR count). The summed E-state index contributed by atoms with van der Waals surface area (Å²) in [7, 11) is 0. The van der Waals surface area contributed by atoms with Crippen molar-refractivity contribution in [2.75, 3.05) is 23.0 Å². The first kappa shape index (κ1) is 19.4. The Labute approximate surface area is 175 Å². The van der Waals surface area contributed by atoms with Crippen molar-refractivity contribution in [1.29, 1.82) is 0 Å². The number of benzene rings is 2. The van der Waals surface area contributed by atoms with Crippen molar-refractivity contribution in [2.24, 2.45) is 10.3 Å². The van der Waals surface area contributed by atoms with Crippen LogP contribution >= 0.6 is 23.4 Å². The smallest absolute Gasteiger partial charge is 0.263 e. The van der Waals surface area contributed by atoms with Crippen molar-refractivity contribution < 1.29 is 14.4 Å². The van der Waals surface area contributed by atoms with Gasteiger partial charge in [0.25, 0.3) is 11.8 Å². The Morgan fingerprint density at radius 3 is 2.66 bits per heavy atom. The summed E-state index contributed by atoms with van der Waals surface area (Å²) in [5.41, 5.74) is 1.05. The molecule has 0 aliphatic carbocycles. The third-order valence-corrected chi connectivity index (χ3v) is 5.58. The van der Waals surface area contributed by atoms with Crippen LogP contribution < -0.4 is 10.2 Å². The second-order valence-electron chi connectivity index (χ2n) is 6.46. The summed E-state index contributed by atoms with van der Waals surface area (Å²) < 4.78 is 0. The van der Waals surface area contributed by atoms with E-state index in [1.165, 1.54) is 5.01 Å². The summed E-state index contributed by atoms with van der Waals surface area (Å²) in [6.45, 7) is -0.193. The standard InChI is InChI=1S/C19H16ClN5O3S/c1-29-14-4-2-3-12(9-14)21-15(26)10-24-17-16(22-23-24)18(27)25(19(17)28)13-7-5-11(20)6-8-13/h2-9,16-17H,10H2,1H3,(H,21,26)/t16-,17+/m0/s1. The number of rotatable bonds is 5. The second kappa shape index (κ2) is 7.84. The van der Waals surface area contributed by atoms with Crippen LogP contribution in [0.4, 0.5) is 11.4 Å². The summed E-state index contributed by atoms with van der Waals surface area (Å²) in [4.78, 5) is 40.1. The molecular weight excluding hydrogens is 414 g/mol. The van der Waals surface area contributed by atoms with Crippen LogP contribution in [0.15, 0.2) is 63.8 Å². The van der Waals surface area contributed by atoms with Gasteiger partial charge in [0, 0.05) is 15.6 Å². The number of amides is 3. The number of nitrogens with zero attached hydrogens (tertiary/aromatic N) is 4. The molecule has 3 amide bonds. The van der Waals surface area contributed by atoms with E-state index in [9.17, 15) is 14.4 Å². The van der Waals surface area contributed by atoms with Crippen LogP contribution in [-0.4, -0.2) is 47.6 Å². The molecule has 2 heterocycles. The van der Waals surface area contributed by atoms with E-state index >= 15 is 0 Å². The number of hydrogen-bond donors (Lipinski definition) is 1. The van der Waals surface area contributed by atoms with E-state index in [2.05, 4.69) is 15.7 Å². The van der Waals surface area contributed by atoms with E-state index in [0.29, 0.717) is 16.4 Å². The maximum Gasteiger partial charge on any atom is 0.263 e. The average molecular weight is 430 g/mol. The van der Waals surface area contributed by atoms with Gasteiger partial charge in [-0.05, 0) is 48.7 Å². The van der Waals surface area contributed by atoms with Gasteiger partial charge in [-0.3, -0.25) is 19.4 Å². The summed E-state index contributed by atoms with van der Waals surface area (Å²) in [5, 5.41) is 12.3. The molecule has 2 aromatic rings. The highest BCUT2D eigenvalue weighted by Gasteiger charge is 2.55. The number of carbonyl (C=O) groups excluding carboxylic acids is 3. The molecule has 2 atom stereocenters. The van der Waals surface area contributed by atoms with E-state index < -0.39 is 23.9 Å². The maximum atomic E-state index is 12.9. The quantitative estimate of drug-likeness (QED) is 0.582. The Bertz CT molecular complexity index is 1010. The Morgan fingerprint density at radius 2 is 1.93 bits per heavy atom. The van der Waals surface area contributed by atoms with E-state index in [1.807, 2.05) is 24.5 Å². The van der Waals surface area contributed by atoms with Gasteiger partial charge in [0.15, 0.2) is 12.1 Å². The third-order valence-electron chi connectivity index (χ3n) is 4.60. The fraction of sp³-hybridized carbons (Fsp3) is 0.211. The molecule has 1 saturated heterocycles. The molecule has 1 fully saturated rings. The predicted octanol–water partition coefficient (Wildman–Crippen LogP) is 2.99. The van der Waals surface area contributed by atoms with Crippen molar-refractivity contribution in [3.05, 3.63) is 53.6 Å². The maximum absolute atomic E-state index is 12.9. The van der Waals surface area contributed by atoms with Gasteiger partial charge >= 0.3 is 0 Å². The molecule has 10 heteroatoms. The summed E-state index contributed by atoms with van der Waals surface area (Å²) in [5.74, 6) is -1.29. The Morgan fingerprint density at radius 1 is 1.17 bits per heavy atom. The SMILES string of the molecule is CSc1cccc(NC(=O)CN2N=N[C@@H]3C(=O)N(c4ccc(Cl)cc4)C(=O)[C@@H]32)c1. The molecule has 2 aliphatic rings. The van der Waals surface area contributed by atoms with Crippen molar-refractivity contribution in [1.82, 2.24) is 5.01 Å². The minimum absolute atomic E-state index is 0.193. The van der Waals surface area contributed by atoms with Crippen LogP contribution in [0.1, 0.15) is 0 Å². The zero-order valence-corrected chi connectivity index (χ0v) is 16.9. The first-order valence-corrected chi connectivity index (χ1v) is 10.3. The first-order valence-electron chi connectivity index (χ1n) is 8.72. The highest BCUT2D eigenvalue weighted by atomic mass is 35.5. The molecule has 1 N–H and O–H groups in total. The van der Waals surface area contributed by atoms with Gasteiger partial charge in [0.1, 0.15) is 6.54 Å². The number of hydrogen-bond acceptors (Lipinski definition) is 7. The van der Waals surface area contributed by atoms with Crippen LogP contribution in [0.2, 0.25) is 5.02 Å². The first-order chi connectivity index (χ1) is 14.0. The number of fused-ring (bicyclic) bond motifs is 1. The van der Waals surface area contributed by atoms with Crippen LogP contribution in [0.5, 0.6) is 0 Å². The van der Waals surface area contributed by atoms with Crippen LogP contribution in [0.25, 0.3) is 0 Å². The van der Waals surface area contributed by atoms with Crippen LogP contribution in [-0.2, 0) is 14.4 Å². The molecule has 2 aromatic carbocycles. The number of thioether (sulfide) groups is 1. The van der Waals surface area contributed by atoms with Crippen molar-refractivity contribution in [3.63, 3.8) is 0 Å². The minimum atomic E-state index is -0.953. The summed E-state index contributed by atoms with van der Waals surface area (Å²) in [6, 6.07) is 11.9. The van der Waals surface area contributed by atoms with Crippen molar-refractivity contribution in [2.45, 2.75) is 17.0 Å². The average Bonchev–Trinajstić information content (AvgIpc) is 3.23. The zero-order valence-electron chi connectivity index (χ0n) is 15.3. The van der Waals surface area contributed by atoms with Gasteiger partial charge in [-0.2, -0.15) is 5.11 Å². The Balaban J connectivity index is 1.47. The molecule has 0 unspecified atom stereocenters. The molecule has 2 aliphatic heterocycles.